The van der Waals surface area contributed by atoms with Crippen molar-refractivity contribution in [2.24, 2.45) is 0 Å². The Morgan fingerprint density at radius 2 is 2.18 bits per heavy atom. The normalized spacial score (nSPS) is 10.1. The number of rotatable bonds is 4. The van der Waals surface area contributed by atoms with Gasteiger partial charge in [-0.1, -0.05) is 18.2 Å². The molecule has 0 radical (unpaired) electrons. The summed E-state index contributed by atoms with van der Waals surface area (Å²) in [5.74, 6) is -0.0680. The van der Waals surface area contributed by atoms with Crippen LogP contribution >= 0.6 is 0 Å². The van der Waals surface area contributed by atoms with Gasteiger partial charge in [-0.25, -0.2) is 0 Å². The molecule has 4 nitrogen and oxygen atoms in total. The highest BCUT2D eigenvalue weighted by atomic mass is 16.1. The molecule has 0 fully saturated rings. The van der Waals surface area contributed by atoms with Crippen molar-refractivity contribution in [1.82, 2.24) is 9.88 Å². The molecule has 86 valence electrons. The molecule has 0 saturated carbocycles. The van der Waals surface area contributed by atoms with Crippen LogP contribution in [0, 0.1) is 11.3 Å². The molecule has 0 spiro atoms. The lowest BCUT2D eigenvalue weighted by Gasteiger charge is -2.05. The number of benzene rings is 1. The smallest absolute Gasteiger partial charge is 0.239 e. The third-order valence-electron chi connectivity index (χ3n) is 2.55. The van der Waals surface area contributed by atoms with Gasteiger partial charge in [0.25, 0.3) is 0 Å². The molecule has 0 aliphatic carbocycles. The van der Waals surface area contributed by atoms with E-state index in [9.17, 15) is 4.79 Å². The van der Waals surface area contributed by atoms with E-state index in [1.807, 2.05) is 47.2 Å². The maximum absolute atomic E-state index is 11.6. The Balaban J connectivity index is 2.04. The molecule has 2 aromatic rings. The number of fused-ring (bicyclic) bond motifs is 1. The Hall–Kier alpha value is -2.28. The molecule has 1 N–H and O–H groups in total. The van der Waals surface area contributed by atoms with Gasteiger partial charge in [-0.3, -0.25) is 4.79 Å². The summed E-state index contributed by atoms with van der Waals surface area (Å²) in [7, 11) is 0. The summed E-state index contributed by atoms with van der Waals surface area (Å²) in [4.78, 5) is 11.6. The highest BCUT2D eigenvalue weighted by Crippen LogP contribution is 2.14. The van der Waals surface area contributed by atoms with Gasteiger partial charge in [-0.15, -0.1) is 0 Å². The molecule has 17 heavy (non-hydrogen) atoms. The fourth-order valence-corrected chi connectivity index (χ4v) is 1.75. The topological polar surface area (TPSA) is 57.8 Å². The molecule has 1 aromatic heterocycles. The summed E-state index contributed by atoms with van der Waals surface area (Å²) in [6.45, 7) is 0.702. The summed E-state index contributed by atoms with van der Waals surface area (Å²) in [5.41, 5.74) is 1.04. The van der Waals surface area contributed by atoms with E-state index in [0.29, 0.717) is 19.5 Å². The molecule has 1 aromatic carbocycles. The number of carbonyl (C=O) groups is 1. The average molecular weight is 227 g/mol. The van der Waals surface area contributed by atoms with E-state index < -0.39 is 0 Å². The number of hydrogen-bond acceptors (Lipinski definition) is 2. The monoisotopic (exact) mass is 227 g/mol. The zero-order chi connectivity index (χ0) is 12.1. The van der Waals surface area contributed by atoms with Crippen LogP contribution in [-0.2, 0) is 11.3 Å². The maximum atomic E-state index is 11.6. The fourth-order valence-electron chi connectivity index (χ4n) is 1.75. The molecule has 4 heteroatoms. The summed E-state index contributed by atoms with van der Waals surface area (Å²) in [5, 5.41) is 12.2. The fraction of sp³-hybridized carbons (Fsp3) is 0.231. The SMILES string of the molecule is N#CCCNC(=O)Cn1ccc2ccccc21. The molecule has 0 aliphatic heterocycles. The number of aromatic nitrogens is 1. The third kappa shape index (κ3) is 2.64. The van der Waals surface area contributed by atoms with Gasteiger partial charge in [0.2, 0.25) is 5.91 Å². The van der Waals surface area contributed by atoms with Gasteiger partial charge < -0.3 is 9.88 Å². The summed E-state index contributed by atoms with van der Waals surface area (Å²) in [6, 6.07) is 11.9. The number of amides is 1. The Morgan fingerprint density at radius 3 is 3.00 bits per heavy atom. The van der Waals surface area contributed by atoms with Crippen LogP contribution in [0.15, 0.2) is 36.5 Å². The first-order chi connectivity index (χ1) is 8.31. The van der Waals surface area contributed by atoms with E-state index in [-0.39, 0.29) is 5.91 Å². The van der Waals surface area contributed by atoms with Crippen LogP contribution in [0.5, 0.6) is 0 Å². The largest absolute Gasteiger partial charge is 0.354 e. The van der Waals surface area contributed by atoms with Gasteiger partial charge in [-0.05, 0) is 17.5 Å². The van der Waals surface area contributed by atoms with Gasteiger partial charge >= 0.3 is 0 Å². The highest BCUT2D eigenvalue weighted by molar-refractivity contribution is 5.83. The van der Waals surface area contributed by atoms with Crippen molar-refractivity contribution < 1.29 is 4.79 Å². The molecule has 1 amide bonds. The van der Waals surface area contributed by atoms with Crippen molar-refractivity contribution in [1.29, 1.82) is 5.26 Å². The molecule has 0 aliphatic rings. The van der Waals surface area contributed by atoms with E-state index in [1.54, 1.807) is 0 Å². The van der Waals surface area contributed by atoms with Crippen LogP contribution in [0.2, 0.25) is 0 Å². The van der Waals surface area contributed by atoms with Crippen LogP contribution < -0.4 is 5.32 Å². The van der Waals surface area contributed by atoms with Gasteiger partial charge in [0, 0.05) is 18.3 Å². The Morgan fingerprint density at radius 1 is 1.35 bits per heavy atom. The second kappa shape index (κ2) is 5.17. The van der Waals surface area contributed by atoms with Crippen LogP contribution in [0.25, 0.3) is 10.9 Å². The zero-order valence-electron chi connectivity index (χ0n) is 9.39. The van der Waals surface area contributed by atoms with Crippen molar-refractivity contribution in [3.63, 3.8) is 0 Å². The Kier molecular flexibility index (Phi) is 3.41. The number of hydrogen-bond donors (Lipinski definition) is 1. The van der Waals surface area contributed by atoms with E-state index in [4.69, 9.17) is 5.26 Å². The Bertz CT molecular complexity index is 565. The first-order valence-electron chi connectivity index (χ1n) is 5.49. The summed E-state index contributed by atoms with van der Waals surface area (Å²) in [6.07, 6.45) is 2.24. The summed E-state index contributed by atoms with van der Waals surface area (Å²) >= 11 is 0. The van der Waals surface area contributed by atoms with Crippen molar-refractivity contribution in [3.05, 3.63) is 36.5 Å². The van der Waals surface area contributed by atoms with Crippen molar-refractivity contribution in [2.45, 2.75) is 13.0 Å². The first-order valence-corrected chi connectivity index (χ1v) is 5.49. The highest BCUT2D eigenvalue weighted by Gasteiger charge is 2.04. The predicted octanol–water partition coefficient (Wildman–Crippen LogP) is 1.67. The third-order valence-corrected chi connectivity index (χ3v) is 2.55. The van der Waals surface area contributed by atoms with E-state index >= 15 is 0 Å². The minimum absolute atomic E-state index is 0.0680. The Labute approximate surface area is 99.5 Å². The molecular formula is C13H13N3O. The van der Waals surface area contributed by atoms with Crippen molar-refractivity contribution in [3.8, 4) is 6.07 Å². The van der Waals surface area contributed by atoms with E-state index in [1.165, 1.54) is 0 Å². The minimum atomic E-state index is -0.0680. The molecule has 0 atom stereocenters. The maximum Gasteiger partial charge on any atom is 0.239 e. The van der Waals surface area contributed by atoms with E-state index in [2.05, 4.69) is 5.32 Å². The first kappa shape index (κ1) is 11.2. The minimum Gasteiger partial charge on any atom is -0.354 e. The molecule has 1 heterocycles. The second-order valence-corrected chi connectivity index (χ2v) is 3.76. The van der Waals surface area contributed by atoms with Gasteiger partial charge in [0.1, 0.15) is 6.54 Å². The van der Waals surface area contributed by atoms with Crippen LogP contribution in [0.3, 0.4) is 0 Å². The molecule has 0 saturated heterocycles. The number of nitrogens with one attached hydrogen (secondary N) is 1. The van der Waals surface area contributed by atoms with Crippen molar-refractivity contribution >= 4 is 16.8 Å². The lowest BCUT2D eigenvalue weighted by atomic mass is 10.2. The van der Waals surface area contributed by atoms with E-state index in [0.717, 1.165) is 10.9 Å². The van der Waals surface area contributed by atoms with Crippen LogP contribution in [0.4, 0.5) is 0 Å². The standard InChI is InChI=1S/C13H13N3O/c14-7-3-8-15-13(17)10-16-9-6-11-4-1-2-5-12(11)16/h1-2,4-6,9H,3,8,10H2,(H,15,17). The number of nitrogens with zero attached hydrogens (tertiary/aromatic N) is 2. The number of para-hydroxylation sites is 1. The summed E-state index contributed by atoms with van der Waals surface area (Å²) < 4.78 is 1.90. The van der Waals surface area contributed by atoms with Gasteiger partial charge in [0.15, 0.2) is 0 Å². The quantitative estimate of drug-likeness (QED) is 0.808. The predicted molar refractivity (Wildman–Crippen MR) is 65.2 cm³/mol. The molecule has 0 bridgehead atoms. The molecule has 0 unspecified atom stereocenters. The van der Waals surface area contributed by atoms with Gasteiger partial charge in [-0.2, -0.15) is 5.26 Å². The molecular weight excluding hydrogens is 214 g/mol. The van der Waals surface area contributed by atoms with Crippen molar-refractivity contribution in [2.75, 3.05) is 6.54 Å². The average Bonchev–Trinajstić information content (AvgIpc) is 2.73. The molecule has 2 rings (SSSR count). The lowest BCUT2D eigenvalue weighted by molar-refractivity contribution is -0.121. The second-order valence-electron chi connectivity index (χ2n) is 3.76. The van der Waals surface area contributed by atoms with Crippen LogP contribution in [0.1, 0.15) is 6.42 Å². The van der Waals surface area contributed by atoms with Gasteiger partial charge in [0.05, 0.1) is 12.5 Å². The zero-order valence-corrected chi connectivity index (χ0v) is 9.39. The lowest BCUT2D eigenvalue weighted by Crippen LogP contribution is -2.27. The van der Waals surface area contributed by atoms with Crippen LogP contribution in [-0.4, -0.2) is 17.0 Å². The number of nitriles is 1. The number of carbonyl (C=O) groups excluding carboxylic acids is 1.